The van der Waals surface area contributed by atoms with Crippen LogP contribution in [0.25, 0.3) is 6.08 Å². The van der Waals surface area contributed by atoms with Gasteiger partial charge in [-0.3, -0.25) is 19.4 Å². The van der Waals surface area contributed by atoms with Crippen molar-refractivity contribution in [2.75, 3.05) is 25.7 Å². The van der Waals surface area contributed by atoms with Gasteiger partial charge in [-0.05, 0) is 85.4 Å². The average Bonchev–Trinajstić information content (AvgIpc) is 3.75. The Hall–Kier alpha value is -5.32. The highest BCUT2D eigenvalue weighted by molar-refractivity contribution is 6.25. The van der Waals surface area contributed by atoms with Gasteiger partial charge in [0.2, 0.25) is 0 Å². The number of fused-ring (bicyclic) bond motifs is 2. The first-order valence-electron chi connectivity index (χ1n) is 15.4. The third-order valence-corrected chi connectivity index (χ3v) is 9.12. The number of hydrogen-bond donors (Lipinski definition) is 0. The number of methoxy groups -OCH3 is 2. The summed E-state index contributed by atoms with van der Waals surface area (Å²) in [7, 11) is 3.26. The zero-order valence-electron chi connectivity index (χ0n) is 25.9. The summed E-state index contributed by atoms with van der Waals surface area (Å²) in [6.45, 7) is 1.68. The van der Waals surface area contributed by atoms with E-state index in [1.54, 1.807) is 26.4 Å². The zero-order valence-corrected chi connectivity index (χ0v) is 25.9. The van der Waals surface area contributed by atoms with Crippen molar-refractivity contribution in [1.82, 2.24) is 10.0 Å². The third-order valence-electron chi connectivity index (χ3n) is 9.12. The van der Waals surface area contributed by atoms with Crippen LogP contribution in [0, 0.1) is 12.8 Å². The Balaban J connectivity index is 1.18. The molecule has 234 valence electrons. The van der Waals surface area contributed by atoms with Crippen molar-refractivity contribution in [2.24, 2.45) is 21.4 Å². The lowest BCUT2D eigenvalue weighted by atomic mass is 9.77. The number of benzene rings is 3. The Morgan fingerprint density at radius 2 is 1.57 bits per heavy atom. The van der Waals surface area contributed by atoms with Gasteiger partial charge in [0.1, 0.15) is 18.0 Å². The largest absolute Gasteiger partial charge is 0.497 e. The number of hydrogen-bond acceptors (Lipinski definition) is 9. The van der Waals surface area contributed by atoms with Crippen molar-refractivity contribution in [3.8, 4) is 11.5 Å². The molecule has 0 radical (unpaired) electrons. The first-order chi connectivity index (χ1) is 22.4. The van der Waals surface area contributed by atoms with Crippen LogP contribution in [0.1, 0.15) is 42.0 Å². The number of aryl methyl sites for hydroxylation is 1. The number of allylic oxidation sites excluding steroid dienone is 1. The number of anilines is 1. The molecule has 11 heteroatoms. The van der Waals surface area contributed by atoms with Gasteiger partial charge < -0.3 is 9.47 Å². The first-order valence-corrected chi connectivity index (χ1v) is 15.4. The smallest absolute Gasteiger partial charge is 0.264 e. The Labute approximate surface area is 266 Å². The maximum absolute atomic E-state index is 14.2. The lowest BCUT2D eigenvalue weighted by Gasteiger charge is -2.30. The van der Waals surface area contributed by atoms with Crippen LogP contribution in [0.15, 0.2) is 93.8 Å². The molecule has 0 N–H and O–H groups in total. The van der Waals surface area contributed by atoms with Crippen molar-refractivity contribution in [3.63, 3.8) is 0 Å². The van der Waals surface area contributed by atoms with E-state index < -0.39 is 23.9 Å². The Bertz CT molecular complexity index is 1770. The predicted molar refractivity (Wildman–Crippen MR) is 171 cm³/mol. The molecule has 3 heterocycles. The van der Waals surface area contributed by atoms with Gasteiger partial charge in [0.25, 0.3) is 17.7 Å². The second-order valence-corrected chi connectivity index (χ2v) is 11.9. The summed E-state index contributed by atoms with van der Waals surface area (Å²) in [5, 5.41) is 16.1. The quantitative estimate of drug-likeness (QED) is 0.339. The summed E-state index contributed by atoms with van der Waals surface area (Å²) in [4.78, 5) is 42.1. The zero-order chi connectivity index (χ0) is 31.9. The minimum absolute atomic E-state index is 0.0183. The SMILES string of the molecule is COc1ccc(/C=C2/CCC[C@@H]3C2=NN(C(=O)CN2N=N[C@@H]4C(=O)N(c5ccc(C)cc5)C(=O)[C@H]42)[C@H]3c2ccc(OC)cc2)cc1. The molecule has 3 aromatic carbocycles. The fourth-order valence-electron chi connectivity index (χ4n) is 6.76. The number of carbonyl (C=O) groups is 3. The maximum atomic E-state index is 14.2. The molecule has 11 nitrogen and oxygen atoms in total. The summed E-state index contributed by atoms with van der Waals surface area (Å²) in [6.07, 6.45) is 4.79. The standard InChI is InChI=1S/C35H34N6O5/c1-21-7-13-25(14-8-21)40-34(43)31-33(35(40)44)39(38-36-31)20-29(42)41-32(23-11-17-27(46-3)18-12-23)28-6-4-5-24(30(28)37-41)19-22-9-15-26(45-2)16-10-22/h7-19,28,31-33H,4-6,20H2,1-3H3/b24-19-/t28-,31+,32+,33+/m1/s1. The van der Waals surface area contributed by atoms with E-state index in [0.717, 1.165) is 63.6 Å². The average molecular weight is 619 g/mol. The van der Waals surface area contributed by atoms with E-state index in [-0.39, 0.29) is 24.4 Å². The van der Waals surface area contributed by atoms with E-state index in [2.05, 4.69) is 16.4 Å². The van der Waals surface area contributed by atoms with E-state index in [0.29, 0.717) is 5.69 Å². The summed E-state index contributed by atoms with van der Waals surface area (Å²) in [5.74, 6) is 0.249. The Kier molecular flexibility index (Phi) is 7.59. The lowest BCUT2D eigenvalue weighted by molar-refractivity contribution is -0.136. The fraction of sp³-hybridized carbons (Fsp3) is 0.314. The van der Waals surface area contributed by atoms with Crippen molar-refractivity contribution in [3.05, 3.63) is 95.1 Å². The van der Waals surface area contributed by atoms with Crippen molar-refractivity contribution in [1.29, 1.82) is 0 Å². The molecule has 46 heavy (non-hydrogen) atoms. The molecule has 0 aromatic heterocycles. The van der Waals surface area contributed by atoms with Gasteiger partial charge in [-0.25, -0.2) is 9.91 Å². The summed E-state index contributed by atoms with van der Waals surface area (Å²) < 4.78 is 10.7. The molecule has 1 saturated carbocycles. The van der Waals surface area contributed by atoms with Crippen LogP contribution in [0.3, 0.4) is 0 Å². The monoisotopic (exact) mass is 618 g/mol. The lowest BCUT2D eigenvalue weighted by Crippen LogP contribution is -2.45. The number of rotatable bonds is 7. The Morgan fingerprint density at radius 1 is 0.891 bits per heavy atom. The maximum Gasteiger partial charge on any atom is 0.264 e. The highest BCUT2D eigenvalue weighted by atomic mass is 16.5. The molecule has 1 saturated heterocycles. The van der Waals surface area contributed by atoms with Crippen LogP contribution < -0.4 is 14.4 Å². The molecule has 2 fully saturated rings. The molecular weight excluding hydrogens is 584 g/mol. The first kappa shape index (κ1) is 29.4. The van der Waals surface area contributed by atoms with Gasteiger partial charge in [-0.1, -0.05) is 47.2 Å². The van der Waals surface area contributed by atoms with E-state index in [4.69, 9.17) is 14.6 Å². The predicted octanol–water partition coefficient (Wildman–Crippen LogP) is 5.13. The van der Waals surface area contributed by atoms with Crippen molar-refractivity contribution in [2.45, 2.75) is 44.3 Å². The molecule has 1 aliphatic carbocycles. The van der Waals surface area contributed by atoms with Gasteiger partial charge in [-0.2, -0.15) is 10.2 Å². The summed E-state index contributed by atoms with van der Waals surface area (Å²) in [5.41, 5.74) is 5.41. The molecule has 3 aliphatic heterocycles. The highest BCUT2D eigenvalue weighted by Crippen LogP contribution is 2.45. The van der Waals surface area contributed by atoms with E-state index in [1.165, 1.54) is 10.0 Å². The van der Waals surface area contributed by atoms with E-state index in [9.17, 15) is 14.4 Å². The van der Waals surface area contributed by atoms with Crippen molar-refractivity contribution >= 4 is 35.2 Å². The summed E-state index contributed by atoms with van der Waals surface area (Å²) >= 11 is 0. The molecule has 4 atom stereocenters. The number of ether oxygens (including phenoxy) is 2. The van der Waals surface area contributed by atoms with Crippen LogP contribution in [-0.4, -0.2) is 66.3 Å². The molecule has 3 aromatic rings. The van der Waals surface area contributed by atoms with Crippen LogP contribution >= 0.6 is 0 Å². The van der Waals surface area contributed by atoms with Crippen LogP contribution in [-0.2, 0) is 14.4 Å². The minimum Gasteiger partial charge on any atom is -0.497 e. The number of nitrogens with zero attached hydrogens (tertiary/aromatic N) is 6. The molecule has 4 aliphatic rings. The molecule has 7 rings (SSSR count). The van der Waals surface area contributed by atoms with Crippen LogP contribution in [0.2, 0.25) is 0 Å². The van der Waals surface area contributed by atoms with Gasteiger partial charge in [0, 0.05) is 5.92 Å². The normalized spacial score (nSPS) is 24.4. The molecule has 3 amide bonds. The highest BCUT2D eigenvalue weighted by Gasteiger charge is 2.55. The van der Waals surface area contributed by atoms with E-state index >= 15 is 0 Å². The van der Waals surface area contributed by atoms with Gasteiger partial charge in [0.05, 0.1) is 31.7 Å². The topological polar surface area (TPSA) is 116 Å². The van der Waals surface area contributed by atoms with Crippen LogP contribution in [0.5, 0.6) is 11.5 Å². The van der Waals surface area contributed by atoms with Gasteiger partial charge in [0.15, 0.2) is 12.1 Å². The fourth-order valence-corrected chi connectivity index (χ4v) is 6.76. The van der Waals surface area contributed by atoms with Crippen LogP contribution in [0.4, 0.5) is 5.69 Å². The van der Waals surface area contributed by atoms with Gasteiger partial charge in [-0.15, -0.1) is 0 Å². The number of carbonyl (C=O) groups excluding carboxylic acids is 3. The second-order valence-electron chi connectivity index (χ2n) is 11.9. The molecule has 0 spiro atoms. The number of hydrazone groups is 1. The summed E-state index contributed by atoms with van der Waals surface area (Å²) in [6, 6.07) is 20.4. The molecule has 0 unspecified atom stereocenters. The van der Waals surface area contributed by atoms with Crippen molar-refractivity contribution < 1.29 is 23.9 Å². The Morgan fingerprint density at radius 3 is 2.24 bits per heavy atom. The van der Waals surface area contributed by atoms with E-state index in [1.807, 2.05) is 67.6 Å². The number of imide groups is 1. The third kappa shape index (κ3) is 5.11. The van der Waals surface area contributed by atoms with Gasteiger partial charge >= 0.3 is 0 Å². The minimum atomic E-state index is -0.995. The molecular formula is C35H34N6O5. The second kappa shape index (κ2) is 11.9. The molecule has 0 bridgehead atoms. The number of amides is 3.